The number of aryl methyl sites for hydroxylation is 2. The highest BCUT2D eigenvalue weighted by Gasteiger charge is 2.42. The summed E-state index contributed by atoms with van der Waals surface area (Å²) in [7, 11) is 2.90. The standard InChI is InChI=1S/C31H42N6O4/c1-20-27(21(2)33-28(32-20)31(40)35(3)41-4)30(39)37-18-24-16-36(17-25(24)19-37)15-14-26(22-10-6-5-7-11-22)34-29(38)23-12-8-9-13-23/h5-7,10-11,23-26H,8-9,12-19H2,1-4H3,(H,34,38)/t24-,25?,26?/m0/s1. The van der Waals surface area contributed by atoms with Crippen molar-refractivity contribution in [2.45, 2.75) is 52.0 Å². The molecule has 2 saturated heterocycles. The van der Waals surface area contributed by atoms with Crippen LogP contribution in [0.1, 0.15) is 76.1 Å². The molecular weight excluding hydrogens is 520 g/mol. The monoisotopic (exact) mass is 562 g/mol. The molecule has 0 spiro atoms. The van der Waals surface area contributed by atoms with Gasteiger partial charge in [-0.2, -0.15) is 0 Å². The van der Waals surface area contributed by atoms with Gasteiger partial charge in [-0.1, -0.05) is 43.2 Å². The molecule has 3 aliphatic rings. The van der Waals surface area contributed by atoms with Gasteiger partial charge in [-0.25, -0.2) is 15.0 Å². The van der Waals surface area contributed by atoms with E-state index >= 15 is 0 Å². The molecule has 220 valence electrons. The molecule has 10 heteroatoms. The normalized spacial score (nSPS) is 21.6. The molecule has 2 aromatic rings. The Labute approximate surface area is 242 Å². The van der Waals surface area contributed by atoms with Crippen LogP contribution in [0.3, 0.4) is 0 Å². The summed E-state index contributed by atoms with van der Waals surface area (Å²) in [6.07, 6.45) is 5.15. The lowest BCUT2D eigenvalue weighted by Gasteiger charge is -2.26. The fourth-order valence-corrected chi connectivity index (χ4v) is 6.74. The average molecular weight is 563 g/mol. The van der Waals surface area contributed by atoms with Gasteiger partial charge >= 0.3 is 5.91 Å². The number of hydrogen-bond acceptors (Lipinski definition) is 7. The van der Waals surface area contributed by atoms with Crippen LogP contribution >= 0.6 is 0 Å². The number of likely N-dealkylation sites (tertiary alicyclic amines) is 2. The zero-order valence-electron chi connectivity index (χ0n) is 24.6. The quantitative estimate of drug-likeness (QED) is 0.468. The minimum Gasteiger partial charge on any atom is -0.349 e. The summed E-state index contributed by atoms with van der Waals surface area (Å²) in [6, 6.07) is 10.3. The van der Waals surface area contributed by atoms with Gasteiger partial charge in [-0.05, 0) is 50.5 Å². The van der Waals surface area contributed by atoms with Gasteiger partial charge in [0.2, 0.25) is 11.7 Å². The first-order chi connectivity index (χ1) is 19.7. The first kappa shape index (κ1) is 29.1. The van der Waals surface area contributed by atoms with Crippen LogP contribution in [0.5, 0.6) is 0 Å². The number of amides is 3. The maximum absolute atomic E-state index is 13.5. The molecule has 0 radical (unpaired) electrons. The zero-order valence-corrected chi connectivity index (χ0v) is 24.6. The molecule has 2 aliphatic heterocycles. The third-order valence-electron chi connectivity index (χ3n) is 9.06. The molecule has 3 atom stereocenters. The second-order valence-corrected chi connectivity index (χ2v) is 11.8. The van der Waals surface area contributed by atoms with Crippen molar-refractivity contribution in [1.82, 2.24) is 30.1 Å². The lowest BCUT2D eigenvalue weighted by atomic mass is 10.0. The van der Waals surface area contributed by atoms with Gasteiger partial charge in [-0.15, -0.1) is 0 Å². The van der Waals surface area contributed by atoms with Crippen molar-refractivity contribution in [2.75, 3.05) is 46.9 Å². The topological polar surface area (TPSA) is 108 Å². The fourth-order valence-electron chi connectivity index (χ4n) is 6.74. The second-order valence-electron chi connectivity index (χ2n) is 11.8. The molecule has 2 unspecified atom stereocenters. The maximum Gasteiger partial charge on any atom is 0.314 e. The molecule has 0 bridgehead atoms. The fraction of sp³-hybridized carbons (Fsp3) is 0.581. The van der Waals surface area contributed by atoms with E-state index in [1.165, 1.54) is 14.2 Å². The summed E-state index contributed by atoms with van der Waals surface area (Å²) in [6.45, 7) is 7.69. The first-order valence-corrected chi connectivity index (χ1v) is 14.8. The number of rotatable bonds is 9. The van der Waals surface area contributed by atoms with Gasteiger partial charge in [0, 0.05) is 45.7 Å². The van der Waals surface area contributed by atoms with Crippen LogP contribution in [0.2, 0.25) is 0 Å². The highest BCUT2D eigenvalue weighted by Crippen LogP contribution is 2.33. The summed E-state index contributed by atoms with van der Waals surface area (Å²) in [5, 5.41) is 4.42. The van der Waals surface area contributed by atoms with Crippen LogP contribution in [0.4, 0.5) is 0 Å². The van der Waals surface area contributed by atoms with Crippen LogP contribution in [-0.4, -0.2) is 89.4 Å². The summed E-state index contributed by atoms with van der Waals surface area (Å²) < 4.78 is 0. The summed E-state index contributed by atoms with van der Waals surface area (Å²) in [5.74, 6) is 0.668. The van der Waals surface area contributed by atoms with Gasteiger partial charge < -0.3 is 15.1 Å². The molecule has 3 amide bonds. The number of nitrogens with zero attached hydrogens (tertiary/aromatic N) is 5. The molecule has 1 saturated carbocycles. The Balaban J connectivity index is 1.17. The van der Waals surface area contributed by atoms with Crippen molar-refractivity contribution < 1.29 is 19.2 Å². The van der Waals surface area contributed by atoms with Gasteiger partial charge in [0.1, 0.15) is 0 Å². The number of fused-ring (bicyclic) bond motifs is 1. The van der Waals surface area contributed by atoms with Crippen LogP contribution in [-0.2, 0) is 9.63 Å². The van der Waals surface area contributed by atoms with Gasteiger partial charge in [0.25, 0.3) is 5.91 Å². The van der Waals surface area contributed by atoms with Crippen LogP contribution in [0.15, 0.2) is 30.3 Å². The van der Waals surface area contributed by atoms with E-state index in [0.717, 1.165) is 62.4 Å². The summed E-state index contributed by atoms with van der Waals surface area (Å²) >= 11 is 0. The number of carbonyl (C=O) groups excluding carboxylic acids is 3. The number of aromatic nitrogens is 2. The zero-order chi connectivity index (χ0) is 29.1. The van der Waals surface area contributed by atoms with Crippen LogP contribution in [0.25, 0.3) is 0 Å². The summed E-state index contributed by atoms with van der Waals surface area (Å²) in [5.41, 5.74) is 2.63. The van der Waals surface area contributed by atoms with Crippen molar-refractivity contribution in [3.8, 4) is 0 Å². The Morgan fingerprint density at radius 1 is 1.00 bits per heavy atom. The molecule has 41 heavy (non-hydrogen) atoms. The Morgan fingerprint density at radius 2 is 1.61 bits per heavy atom. The Morgan fingerprint density at radius 3 is 2.20 bits per heavy atom. The van der Waals surface area contributed by atoms with Crippen molar-refractivity contribution in [2.24, 2.45) is 17.8 Å². The molecule has 3 heterocycles. The van der Waals surface area contributed by atoms with E-state index in [-0.39, 0.29) is 29.6 Å². The predicted molar refractivity (Wildman–Crippen MR) is 154 cm³/mol. The minimum absolute atomic E-state index is 0.00676. The largest absolute Gasteiger partial charge is 0.349 e. The number of hydroxylamine groups is 2. The van der Waals surface area contributed by atoms with Crippen molar-refractivity contribution >= 4 is 17.7 Å². The summed E-state index contributed by atoms with van der Waals surface area (Å²) in [4.78, 5) is 56.9. The predicted octanol–water partition coefficient (Wildman–Crippen LogP) is 3.17. The molecule has 1 aliphatic carbocycles. The molecule has 1 aromatic carbocycles. The number of benzene rings is 1. The van der Waals surface area contributed by atoms with Crippen LogP contribution < -0.4 is 5.32 Å². The SMILES string of the molecule is CON(C)C(=O)c1nc(C)c(C(=O)N2CC3CN(CCC(NC(=O)C4CCCC4)c4ccccc4)C[C@H]3C2)c(C)n1. The van der Waals surface area contributed by atoms with Crippen LogP contribution in [0, 0.1) is 31.6 Å². The second kappa shape index (κ2) is 12.7. The van der Waals surface area contributed by atoms with E-state index in [1.54, 1.807) is 13.8 Å². The molecular formula is C31H42N6O4. The van der Waals surface area contributed by atoms with E-state index in [2.05, 4.69) is 32.3 Å². The minimum atomic E-state index is -0.457. The molecule has 10 nitrogen and oxygen atoms in total. The lowest BCUT2D eigenvalue weighted by molar-refractivity contribution is -0.125. The number of carbonyl (C=O) groups is 3. The van der Waals surface area contributed by atoms with E-state index in [4.69, 9.17) is 4.84 Å². The maximum atomic E-state index is 13.5. The smallest absolute Gasteiger partial charge is 0.314 e. The highest BCUT2D eigenvalue weighted by atomic mass is 16.7. The van der Waals surface area contributed by atoms with E-state index in [9.17, 15) is 14.4 Å². The Bertz CT molecular complexity index is 1230. The molecule has 3 fully saturated rings. The first-order valence-electron chi connectivity index (χ1n) is 14.8. The van der Waals surface area contributed by atoms with Crippen molar-refractivity contribution in [3.05, 3.63) is 58.7 Å². The third kappa shape index (κ3) is 6.43. The molecule has 5 rings (SSSR count). The van der Waals surface area contributed by atoms with Gasteiger partial charge in [0.05, 0.1) is 30.1 Å². The Hall–Kier alpha value is -3.37. The number of nitrogens with one attached hydrogen (secondary N) is 1. The lowest BCUT2D eigenvalue weighted by Crippen LogP contribution is -2.37. The van der Waals surface area contributed by atoms with Crippen molar-refractivity contribution in [3.63, 3.8) is 0 Å². The van der Waals surface area contributed by atoms with Gasteiger partial charge in [-0.3, -0.25) is 19.2 Å². The third-order valence-corrected chi connectivity index (χ3v) is 9.06. The van der Waals surface area contributed by atoms with E-state index in [1.807, 2.05) is 23.1 Å². The molecule has 1 aromatic heterocycles. The van der Waals surface area contributed by atoms with Gasteiger partial charge in [0.15, 0.2) is 0 Å². The molecule has 1 N–H and O–H groups in total. The number of hydrogen-bond donors (Lipinski definition) is 1. The van der Waals surface area contributed by atoms with E-state index < -0.39 is 5.91 Å². The van der Waals surface area contributed by atoms with E-state index in [0.29, 0.717) is 41.9 Å². The highest BCUT2D eigenvalue weighted by molar-refractivity contribution is 5.97. The van der Waals surface area contributed by atoms with Crippen molar-refractivity contribution in [1.29, 1.82) is 0 Å². The Kier molecular flexibility index (Phi) is 8.99. The average Bonchev–Trinajstić information content (AvgIpc) is 3.72.